The lowest BCUT2D eigenvalue weighted by Gasteiger charge is -2.19. The number of aromatic nitrogens is 2. The molecule has 0 aliphatic heterocycles. The molecule has 0 amide bonds. The van der Waals surface area contributed by atoms with Crippen LogP contribution in [0.3, 0.4) is 0 Å². The lowest BCUT2D eigenvalue weighted by Crippen LogP contribution is -2.41. The van der Waals surface area contributed by atoms with Gasteiger partial charge in [0, 0.05) is 37.3 Å². The maximum absolute atomic E-state index is 14.2. The number of nitrogens with zero attached hydrogens (tertiary/aromatic N) is 3. The van der Waals surface area contributed by atoms with Crippen molar-refractivity contribution in [3.05, 3.63) is 89.5 Å². The highest BCUT2D eigenvalue weighted by Gasteiger charge is 2.45. The van der Waals surface area contributed by atoms with Gasteiger partial charge < -0.3 is 10.6 Å². The summed E-state index contributed by atoms with van der Waals surface area (Å²) >= 11 is 0. The van der Waals surface area contributed by atoms with Gasteiger partial charge in [0.05, 0.1) is 12.7 Å². The summed E-state index contributed by atoms with van der Waals surface area (Å²) in [6.07, 6.45) is 5.88. The molecule has 1 aliphatic rings. The van der Waals surface area contributed by atoms with Crippen LogP contribution in [0, 0.1) is 5.82 Å². The Hall–Kier alpha value is -3.15. The van der Waals surface area contributed by atoms with Crippen molar-refractivity contribution >= 4 is 5.96 Å². The lowest BCUT2D eigenvalue weighted by atomic mass is 9.95. The van der Waals surface area contributed by atoms with Crippen LogP contribution in [0.4, 0.5) is 4.39 Å². The van der Waals surface area contributed by atoms with E-state index >= 15 is 0 Å². The van der Waals surface area contributed by atoms with E-state index in [4.69, 9.17) is 0 Å². The third-order valence-electron chi connectivity index (χ3n) is 5.45. The van der Waals surface area contributed by atoms with Crippen molar-refractivity contribution in [1.29, 1.82) is 0 Å². The second-order valence-corrected chi connectivity index (χ2v) is 7.57. The molecule has 2 N–H and O–H groups in total. The molecule has 0 radical (unpaired) electrons. The Labute approximate surface area is 170 Å². The first kappa shape index (κ1) is 19.2. The Kier molecular flexibility index (Phi) is 5.60. The Balaban J connectivity index is 1.30. The largest absolute Gasteiger partial charge is 0.356 e. The zero-order chi connectivity index (χ0) is 20.1. The van der Waals surface area contributed by atoms with Crippen molar-refractivity contribution in [2.24, 2.45) is 4.99 Å². The minimum absolute atomic E-state index is 0.121. The van der Waals surface area contributed by atoms with Crippen LogP contribution in [0.25, 0.3) is 0 Å². The molecule has 4 rings (SSSR count). The van der Waals surface area contributed by atoms with E-state index in [1.54, 1.807) is 13.1 Å². The predicted octanol–water partition coefficient (Wildman–Crippen LogP) is 3.47. The first-order valence-corrected chi connectivity index (χ1v) is 9.93. The van der Waals surface area contributed by atoms with Gasteiger partial charge in [-0.25, -0.2) is 4.39 Å². The summed E-state index contributed by atoms with van der Waals surface area (Å²) in [7, 11) is 1.75. The van der Waals surface area contributed by atoms with Crippen LogP contribution in [-0.2, 0) is 18.5 Å². The normalized spacial score (nSPS) is 15.2. The lowest BCUT2D eigenvalue weighted by molar-refractivity contribution is 0.559. The zero-order valence-electron chi connectivity index (χ0n) is 16.6. The Morgan fingerprint density at radius 2 is 1.83 bits per heavy atom. The first-order valence-electron chi connectivity index (χ1n) is 9.93. The third-order valence-corrected chi connectivity index (χ3v) is 5.45. The van der Waals surface area contributed by atoms with Gasteiger partial charge in [0.25, 0.3) is 0 Å². The average Bonchev–Trinajstić information content (AvgIpc) is 3.40. The van der Waals surface area contributed by atoms with E-state index in [9.17, 15) is 4.39 Å². The van der Waals surface area contributed by atoms with Gasteiger partial charge in [-0.2, -0.15) is 5.10 Å². The number of hydrogen-bond acceptors (Lipinski definition) is 2. The summed E-state index contributed by atoms with van der Waals surface area (Å²) in [5, 5.41) is 11.1. The number of nitrogens with one attached hydrogen (secondary N) is 2. The summed E-state index contributed by atoms with van der Waals surface area (Å²) in [5.41, 5.74) is 2.98. The minimum Gasteiger partial charge on any atom is -0.356 e. The average molecular weight is 391 g/mol. The highest BCUT2D eigenvalue weighted by molar-refractivity contribution is 5.79. The number of rotatable bonds is 7. The monoisotopic (exact) mass is 391 g/mol. The SMILES string of the molecule is CN=C(NCc1cnn(Cc2ccccc2)c1)NCC1(c2ccccc2F)CC1. The highest BCUT2D eigenvalue weighted by Crippen LogP contribution is 2.48. The number of hydrogen-bond donors (Lipinski definition) is 2. The number of benzene rings is 2. The van der Waals surface area contributed by atoms with Crippen LogP contribution < -0.4 is 10.6 Å². The van der Waals surface area contributed by atoms with Crippen molar-refractivity contribution < 1.29 is 4.39 Å². The van der Waals surface area contributed by atoms with Crippen LogP contribution in [-0.4, -0.2) is 29.3 Å². The molecule has 5 nitrogen and oxygen atoms in total. The molecule has 0 bridgehead atoms. The van der Waals surface area contributed by atoms with E-state index < -0.39 is 0 Å². The molecule has 0 atom stereocenters. The quantitative estimate of drug-likeness (QED) is 0.479. The van der Waals surface area contributed by atoms with Gasteiger partial charge in [-0.3, -0.25) is 9.67 Å². The second-order valence-electron chi connectivity index (χ2n) is 7.57. The molecule has 3 aromatic rings. The molecule has 150 valence electrons. The van der Waals surface area contributed by atoms with Gasteiger partial charge in [-0.15, -0.1) is 0 Å². The smallest absolute Gasteiger partial charge is 0.191 e. The number of aliphatic imine (C=N–C) groups is 1. The molecule has 0 saturated heterocycles. The topological polar surface area (TPSA) is 54.2 Å². The van der Waals surface area contributed by atoms with E-state index in [1.165, 1.54) is 11.6 Å². The van der Waals surface area contributed by atoms with Crippen molar-refractivity contribution in [2.45, 2.75) is 31.3 Å². The summed E-state index contributed by atoms with van der Waals surface area (Å²) < 4.78 is 16.1. The van der Waals surface area contributed by atoms with E-state index in [0.29, 0.717) is 19.0 Å². The van der Waals surface area contributed by atoms with Crippen LogP contribution in [0.15, 0.2) is 72.0 Å². The molecule has 2 aromatic carbocycles. The molecule has 1 aliphatic carbocycles. The van der Waals surface area contributed by atoms with Gasteiger partial charge in [0.15, 0.2) is 5.96 Å². The fourth-order valence-corrected chi connectivity index (χ4v) is 3.60. The third kappa shape index (κ3) is 4.65. The standard InChI is InChI=1S/C23H26FN5/c1-25-22(27-17-23(11-12-23)20-9-5-6-10-21(20)24)26-13-19-14-28-29(16-19)15-18-7-3-2-4-8-18/h2-10,14,16H,11-13,15,17H2,1H3,(H2,25,26,27). The summed E-state index contributed by atoms with van der Waals surface area (Å²) in [4.78, 5) is 4.30. The molecular formula is C23H26FN5. The van der Waals surface area contributed by atoms with Crippen molar-refractivity contribution in [3.63, 3.8) is 0 Å². The van der Waals surface area contributed by atoms with Gasteiger partial charge in [-0.1, -0.05) is 48.5 Å². The first-order chi connectivity index (χ1) is 14.2. The highest BCUT2D eigenvalue weighted by atomic mass is 19.1. The summed E-state index contributed by atoms with van der Waals surface area (Å²) in [5.74, 6) is 0.587. The maximum atomic E-state index is 14.2. The van der Waals surface area contributed by atoms with E-state index in [0.717, 1.165) is 30.5 Å². The van der Waals surface area contributed by atoms with Crippen LogP contribution >= 0.6 is 0 Å². The van der Waals surface area contributed by atoms with Gasteiger partial charge >= 0.3 is 0 Å². The molecule has 0 spiro atoms. The molecule has 1 saturated carbocycles. The molecule has 6 heteroatoms. The minimum atomic E-state index is -0.124. The van der Waals surface area contributed by atoms with Crippen molar-refractivity contribution in [2.75, 3.05) is 13.6 Å². The van der Waals surface area contributed by atoms with E-state index in [2.05, 4.69) is 32.9 Å². The number of guanidine groups is 1. The Bertz CT molecular complexity index is 976. The summed E-state index contributed by atoms with van der Waals surface area (Å²) in [6.45, 7) is 2.04. The molecule has 1 aromatic heterocycles. The predicted molar refractivity (Wildman–Crippen MR) is 113 cm³/mol. The molecular weight excluding hydrogens is 365 g/mol. The fraction of sp³-hybridized carbons (Fsp3) is 0.304. The second kappa shape index (κ2) is 8.47. The molecule has 1 fully saturated rings. The zero-order valence-corrected chi connectivity index (χ0v) is 16.6. The van der Waals surface area contributed by atoms with E-state index in [-0.39, 0.29) is 11.2 Å². The Morgan fingerprint density at radius 3 is 2.55 bits per heavy atom. The van der Waals surface area contributed by atoms with Crippen molar-refractivity contribution in [1.82, 2.24) is 20.4 Å². The van der Waals surface area contributed by atoms with Gasteiger partial charge in [0.2, 0.25) is 0 Å². The molecule has 29 heavy (non-hydrogen) atoms. The Morgan fingerprint density at radius 1 is 1.07 bits per heavy atom. The fourth-order valence-electron chi connectivity index (χ4n) is 3.60. The summed E-state index contributed by atoms with van der Waals surface area (Å²) in [6, 6.07) is 17.3. The maximum Gasteiger partial charge on any atom is 0.191 e. The van der Waals surface area contributed by atoms with Gasteiger partial charge in [0.1, 0.15) is 5.82 Å². The van der Waals surface area contributed by atoms with Gasteiger partial charge in [-0.05, 0) is 30.0 Å². The van der Waals surface area contributed by atoms with Crippen LogP contribution in [0.5, 0.6) is 0 Å². The van der Waals surface area contributed by atoms with E-state index in [1.807, 2.05) is 47.4 Å². The van der Waals surface area contributed by atoms with Crippen LogP contribution in [0.2, 0.25) is 0 Å². The molecule has 0 unspecified atom stereocenters. The number of halogens is 1. The molecule has 1 heterocycles. The van der Waals surface area contributed by atoms with Crippen molar-refractivity contribution in [3.8, 4) is 0 Å². The van der Waals surface area contributed by atoms with Crippen LogP contribution in [0.1, 0.15) is 29.5 Å².